The first-order valence-corrected chi connectivity index (χ1v) is 11.4. The van der Waals surface area contributed by atoms with Crippen molar-refractivity contribution in [3.63, 3.8) is 0 Å². The van der Waals surface area contributed by atoms with Gasteiger partial charge in [-0.2, -0.15) is 0 Å². The minimum atomic E-state index is -0.491. The van der Waals surface area contributed by atoms with E-state index in [1.807, 2.05) is 13.0 Å². The number of carbonyl (C=O) groups is 1. The predicted molar refractivity (Wildman–Crippen MR) is 117 cm³/mol. The number of rotatable bonds is 8. The number of aliphatic hydroxyl groups is 1. The fraction of sp³-hybridized carbons (Fsp3) is 0.591. The summed E-state index contributed by atoms with van der Waals surface area (Å²) in [5, 5.41) is 12.5. The molecular weight excluding hydrogens is 469 g/mol. The van der Waals surface area contributed by atoms with Crippen LogP contribution in [0, 0.1) is 9.49 Å². The van der Waals surface area contributed by atoms with Gasteiger partial charge in [-0.15, -0.1) is 0 Å². The van der Waals surface area contributed by atoms with Crippen LogP contribution < -0.4 is 5.32 Å². The van der Waals surface area contributed by atoms with Gasteiger partial charge >= 0.3 is 0 Å². The van der Waals surface area contributed by atoms with E-state index < -0.39 is 6.29 Å². The summed E-state index contributed by atoms with van der Waals surface area (Å²) >= 11 is 2.29. The zero-order chi connectivity index (χ0) is 19.9. The number of aliphatic hydroxyl groups excluding tert-OH is 1. The van der Waals surface area contributed by atoms with Gasteiger partial charge in [0.05, 0.1) is 0 Å². The highest BCUT2D eigenvalue weighted by atomic mass is 127. The molecule has 1 aliphatic carbocycles. The van der Waals surface area contributed by atoms with Crippen LogP contribution in [0.25, 0.3) is 0 Å². The SMILES string of the molecule is CCO[C@@H]1OC(C(=O)NC2CCCC2)=C[C@H](c2ccc(I)cc2)[C@H]1CCCO. The molecule has 1 saturated carbocycles. The lowest BCUT2D eigenvalue weighted by Gasteiger charge is -2.37. The van der Waals surface area contributed by atoms with Gasteiger partial charge in [-0.05, 0) is 79.0 Å². The largest absolute Gasteiger partial charge is 0.459 e. The molecule has 28 heavy (non-hydrogen) atoms. The highest BCUT2D eigenvalue weighted by Gasteiger charge is 2.38. The average Bonchev–Trinajstić information content (AvgIpc) is 3.20. The molecule has 0 unspecified atom stereocenters. The zero-order valence-electron chi connectivity index (χ0n) is 16.4. The Bertz CT molecular complexity index is 670. The standard InChI is InChI=1S/C22H30INO4/c1-2-27-22-18(8-5-13-25)19(15-9-11-16(23)12-10-15)14-20(28-22)21(26)24-17-6-3-4-7-17/h9-12,14,17-19,22,25H,2-8,13H2,1H3,(H,24,26)/t18-,19-,22-/m1/s1. The van der Waals surface area contributed by atoms with E-state index in [1.54, 1.807) is 0 Å². The molecule has 1 aromatic rings. The Kier molecular flexibility index (Phi) is 8.17. The van der Waals surface area contributed by atoms with Crippen LogP contribution in [-0.4, -0.2) is 36.6 Å². The van der Waals surface area contributed by atoms with Crippen LogP contribution in [0.5, 0.6) is 0 Å². The summed E-state index contributed by atoms with van der Waals surface area (Å²) in [4.78, 5) is 12.9. The number of halogens is 1. The number of benzene rings is 1. The van der Waals surface area contributed by atoms with Gasteiger partial charge in [-0.3, -0.25) is 4.79 Å². The van der Waals surface area contributed by atoms with Crippen molar-refractivity contribution in [3.05, 3.63) is 45.2 Å². The Morgan fingerprint density at radius 3 is 2.64 bits per heavy atom. The second-order valence-electron chi connectivity index (χ2n) is 7.53. The van der Waals surface area contributed by atoms with Gasteiger partial charge < -0.3 is 19.9 Å². The minimum absolute atomic E-state index is 0.0122. The number of hydrogen-bond acceptors (Lipinski definition) is 4. The number of carbonyl (C=O) groups excluding carboxylic acids is 1. The molecular formula is C22H30INO4. The molecule has 0 spiro atoms. The summed E-state index contributed by atoms with van der Waals surface area (Å²) in [6.07, 6.45) is 7.31. The molecule has 0 aromatic heterocycles. The molecule has 3 atom stereocenters. The molecule has 2 aliphatic rings. The summed E-state index contributed by atoms with van der Waals surface area (Å²) in [5.41, 5.74) is 1.14. The van der Waals surface area contributed by atoms with Crippen molar-refractivity contribution in [1.82, 2.24) is 5.32 Å². The summed E-state index contributed by atoms with van der Waals surface area (Å²) in [6, 6.07) is 8.61. The fourth-order valence-electron chi connectivity index (χ4n) is 4.16. The summed E-state index contributed by atoms with van der Waals surface area (Å²) in [5.74, 6) is 0.273. The summed E-state index contributed by atoms with van der Waals surface area (Å²) < 4.78 is 13.1. The normalized spacial score (nSPS) is 25.2. The van der Waals surface area contributed by atoms with Crippen LogP contribution in [0.4, 0.5) is 0 Å². The molecule has 5 nitrogen and oxygen atoms in total. The van der Waals surface area contributed by atoms with Crippen LogP contribution in [0.2, 0.25) is 0 Å². The van der Waals surface area contributed by atoms with E-state index in [-0.39, 0.29) is 30.4 Å². The highest BCUT2D eigenvalue weighted by Crippen LogP contribution is 2.39. The molecule has 1 heterocycles. The van der Waals surface area contributed by atoms with Gasteiger partial charge in [0.1, 0.15) is 0 Å². The first-order valence-electron chi connectivity index (χ1n) is 10.3. The molecule has 3 rings (SSSR count). The maximum absolute atomic E-state index is 12.9. The van der Waals surface area contributed by atoms with E-state index in [9.17, 15) is 9.90 Å². The fourth-order valence-corrected chi connectivity index (χ4v) is 4.52. The van der Waals surface area contributed by atoms with Crippen molar-refractivity contribution >= 4 is 28.5 Å². The molecule has 0 saturated heterocycles. The first kappa shape index (κ1) is 21.6. The number of hydrogen-bond donors (Lipinski definition) is 2. The monoisotopic (exact) mass is 499 g/mol. The van der Waals surface area contributed by atoms with E-state index in [4.69, 9.17) is 9.47 Å². The van der Waals surface area contributed by atoms with Crippen molar-refractivity contribution in [2.45, 2.75) is 63.7 Å². The lowest BCUT2D eigenvalue weighted by Crippen LogP contribution is -2.41. The molecule has 1 amide bonds. The average molecular weight is 499 g/mol. The smallest absolute Gasteiger partial charge is 0.286 e. The van der Waals surface area contributed by atoms with Crippen LogP contribution in [-0.2, 0) is 14.3 Å². The molecule has 0 bridgehead atoms. The van der Waals surface area contributed by atoms with Crippen LogP contribution >= 0.6 is 22.6 Å². The lowest BCUT2D eigenvalue weighted by molar-refractivity contribution is -0.166. The Balaban J connectivity index is 1.87. The van der Waals surface area contributed by atoms with Gasteiger partial charge in [-0.1, -0.05) is 25.0 Å². The first-order chi connectivity index (χ1) is 13.6. The van der Waals surface area contributed by atoms with Crippen molar-refractivity contribution in [3.8, 4) is 0 Å². The Hall–Kier alpha value is -1.12. The number of ether oxygens (including phenoxy) is 2. The third-order valence-electron chi connectivity index (χ3n) is 5.58. The summed E-state index contributed by atoms with van der Waals surface area (Å²) in [7, 11) is 0. The summed E-state index contributed by atoms with van der Waals surface area (Å²) in [6.45, 7) is 2.58. The van der Waals surface area contributed by atoms with Crippen molar-refractivity contribution in [2.75, 3.05) is 13.2 Å². The van der Waals surface area contributed by atoms with Crippen LogP contribution in [0.15, 0.2) is 36.1 Å². The second-order valence-corrected chi connectivity index (χ2v) is 8.78. The minimum Gasteiger partial charge on any atom is -0.459 e. The zero-order valence-corrected chi connectivity index (χ0v) is 18.6. The second kappa shape index (κ2) is 10.6. The molecule has 6 heteroatoms. The highest BCUT2D eigenvalue weighted by molar-refractivity contribution is 14.1. The van der Waals surface area contributed by atoms with Gasteiger partial charge in [0, 0.05) is 34.7 Å². The quantitative estimate of drug-likeness (QED) is 0.529. The maximum Gasteiger partial charge on any atom is 0.286 e. The van der Waals surface area contributed by atoms with Crippen molar-refractivity contribution in [1.29, 1.82) is 0 Å². The van der Waals surface area contributed by atoms with Gasteiger partial charge in [0.15, 0.2) is 5.76 Å². The molecule has 154 valence electrons. The van der Waals surface area contributed by atoms with E-state index in [2.05, 4.69) is 52.2 Å². The molecule has 2 N–H and O–H groups in total. The van der Waals surface area contributed by atoms with Crippen molar-refractivity contribution < 1.29 is 19.4 Å². The molecule has 1 fully saturated rings. The predicted octanol–water partition coefficient (Wildman–Crippen LogP) is 4.10. The molecule has 1 aliphatic heterocycles. The number of amides is 1. The number of allylic oxidation sites excluding steroid dienone is 1. The lowest BCUT2D eigenvalue weighted by atomic mass is 9.80. The van der Waals surface area contributed by atoms with E-state index in [0.717, 1.165) is 24.8 Å². The van der Waals surface area contributed by atoms with Crippen LogP contribution in [0.1, 0.15) is 56.9 Å². The van der Waals surface area contributed by atoms with Crippen molar-refractivity contribution in [2.24, 2.45) is 5.92 Å². The third-order valence-corrected chi connectivity index (χ3v) is 6.30. The van der Waals surface area contributed by atoms with Gasteiger partial charge in [0.25, 0.3) is 5.91 Å². The number of nitrogens with one attached hydrogen (secondary N) is 1. The van der Waals surface area contributed by atoms with Crippen LogP contribution in [0.3, 0.4) is 0 Å². The maximum atomic E-state index is 12.9. The van der Waals surface area contributed by atoms with E-state index >= 15 is 0 Å². The third kappa shape index (κ3) is 5.48. The van der Waals surface area contributed by atoms with E-state index in [0.29, 0.717) is 18.8 Å². The van der Waals surface area contributed by atoms with Gasteiger partial charge in [0.2, 0.25) is 6.29 Å². The van der Waals surface area contributed by atoms with Gasteiger partial charge in [-0.25, -0.2) is 0 Å². The van der Waals surface area contributed by atoms with E-state index in [1.165, 1.54) is 16.4 Å². The topological polar surface area (TPSA) is 67.8 Å². The Labute approximate surface area is 181 Å². The molecule has 1 aromatic carbocycles. The molecule has 0 radical (unpaired) electrons. The Morgan fingerprint density at radius 1 is 1.29 bits per heavy atom. The Morgan fingerprint density at radius 2 is 2.00 bits per heavy atom.